The number of hydrazine groups is 1. The standard InChI is InChI=1S/C48H66N6O7S/c1-29(30(2)46(56)54-16-7-8-40(51-54)47(57)58)45-50-41(27-62-45)32-9-12-42-37(22-32)39(24-48(4,5)28-55)44(53(42)18-21-61-36-14-19-60-20-15-36)38-23-34(25-49-43(38)31(3)59-6)33-13-17-52(26-33)35-10-11-35/h9,12,22-23,25,27,29-31,33,35-36,40,51,55H,7-8,10-11,13-21,24,26,28H2,1-6H3,(H,57,58)/t29-,30-,31-,33+,40-/m0/s1. The number of amides is 1. The molecule has 4 fully saturated rings. The zero-order chi connectivity index (χ0) is 43.7. The van der Waals surface area contributed by atoms with Crippen LogP contribution in [0.15, 0.2) is 35.8 Å². The van der Waals surface area contributed by atoms with Gasteiger partial charge in [-0.3, -0.25) is 24.5 Å². The van der Waals surface area contributed by atoms with Crippen molar-refractivity contribution in [3.63, 3.8) is 0 Å². The SMILES string of the molecule is CO[C@@H](C)c1ncc([C@@H]2CCN(C3CC3)C2)cc1-c1c(CC(C)(C)CO)c2cc(-c3csc([C@@H](C)[C@H](C)C(=O)N4CCC[C@@H](C(=O)O)N4)n3)ccc2n1CCOC1CCOCC1. The first kappa shape index (κ1) is 44.8. The quantitative estimate of drug-likeness (QED) is 0.0965. The molecule has 14 heteroatoms. The number of aliphatic hydroxyl groups excluding tert-OH is 1. The number of likely N-dealkylation sites (tertiary alicyclic amines) is 1. The fourth-order valence-electron chi connectivity index (χ4n) is 9.59. The lowest BCUT2D eigenvalue weighted by Crippen LogP contribution is -2.56. The van der Waals surface area contributed by atoms with E-state index in [1.807, 2.05) is 13.8 Å². The maximum Gasteiger partial charge on any atom is 0.322 e. The van der Waals surface area contributed by atoms with Gasteiger partial charge in [-0.15, -0.1) is 11.3 Å². The molecule has 0 spiro atoms. The molecular formula is C48H66N6O7S. The number of thiazole rings is 1. The van der Waals surface area contributed by atoms with E-state index in [0.717, 1.165) is 101 Å². The van der Waals surface area contributed by atoms with Crippen LogP contribution in [0.25, 0.3) is 33.4 Å². The van der Waals surface area contributed by atoms with Gasteiger partial charge in [0.05, 0.1) is 40.9 Å². The average molecular weight is 871 g/mol. The van der Waals surface area contributed by atoms with Gasteiger partial charge in [-0.1, -0.05) is 33.8 Å². The van der Waals surface area contributed by atoms with Crippen LogP contribution in [0, 0.1) is 11.3 Å². The number of aliphatic hydroxyl groups is 1. The van der Waals surface area contributed by atoms with Crippen molar-refractivity contribution in [1.29, 1.82) is 0 Å². The molecular weight excluding hydrogens is 805 g/mol. The van der Waals surface area contributed by atoms with Crippen LogP contribution in [-0.2, 0) is 36.8 Å². The molecule has 3 aliphatic heterocycles. The van der Waals surface area contributed by atoms with Gasteiger partial charge in [0, 0.05) is 98.0 Å². The summed E-state index contributed by atoms with van der Waals surface area (Å²) in [4.78, 5) is 38.3. The molecule has 0 bridgehead atoms. The van der Waals surface area contributed by atoms with E-state index >= 15 is 0 Å². The number of fused-ring (bicyclic) bond motifs is 1. The van der Waals surface area contributed by atoms with E-state index in [2.05, 4.69) is 71.5 Å². The predicted molar refractivity (Wildman–Crippen MR) is 241 cm³/mol. The van der Waals surface area contributed by atoms with Gasteiger partial charge in [-0.25, -0.2) is 10.4 Å². The largest absolute Gasteiger partial charge is 0.480 e. The fraction of sp³-hybridized carbons (Fsp3) is 0.625. The van der Waals surface area contributed by atoms with Gasteiger partial charge in [0.2, 0.25) is 5.91 Å². The van der Waals surface area contributed by atoms with Crippen molar-refractivity contribution < 1.29 is 34.0 Å². The first-order chi connectivity index (χ1) is 29.8. The molecule has 1 amide bonds. The van der Waals surface area contributed by atoms with Gasteiger partial charge in [-0.2, -0.15) is 0 Å². The van der Waals surface area contributed by atoms with Gasteiger partial charge < -0.3 is 29.0 Å². The van der Waals surface area contributed by atoms with Crippen molar-refractivity contribution in [3.8, 4) is 22.5 Å². The summed E-state index contributed by atoms with van der Waals surface area (Å²) >= 11 is 1.54. The van der Waals surface area contributed by atoms with Gasteiger partial charge in [0.25, 0.3) is 0 Å². The number of carboxylic acid groups (broad SMARTS) is 1. The monoisotopic (exact) mass is 870 g/mol. The van der Waals surface area contributed by atoms with E-state index in [-0.39, 0.29) is 30.6 Å². The smallest absolute Gasteiger partial charge is 0.322 e. The third-order valence-corrected chi connectivity index (χ3v) is 14.9. The number of rotatable bonds is 17. The van der Waals surface area contributed by atoms with E-state index < -0.39 is 23.3 Å². The summed E-state index contributed by atoms with van der Waals surface area (Å²) in [6.07, 6.45) is 9.25. The molecule has 4 aliphatic rings. The maximum absolute atomic E-state index is 13.6. The normalized spacial score (nSPS) is 22.0. The minimum Gasteiger partial charge on any atom is -0.480 e. The summed E-state index contributed by atoms with van der Waals surface area (Å²) in [6, 6.07) is 8.95. The highest BCUT2D eigenvalue weighted by Gasteiger charge is 2.37. The Balaban J connectivity index is 1.19. The average Bonchev–Trinajstić information content (AvgIpc) is 3.67. The van der Waals surface area contributed by atoms with Gasteiger partial charge in [-0.05, 0) is 105 Å². The molecule has 62 heavy (non-hydrogen) atoms. The molecule has 1 saturated carbocycles. The van der Waals surface area contributed by atoms with Crippen molar-refractivity contribution in [1.82, 2.24) is 29.9 Å². The molecule has 8 rings (SSSR count). The van der Waals surface area contributed by atoms with Crippen LogP contribution in [0.5, 0.6) is 0 Å². The molecule has 13 nitrogen and oxygen atoms in total. The van der Waals surface area contributed by atoms with Crippen molar-refractivity contribution in [3.05, 3.63) is 57.7 Å². The lowest BCUT2D eigenvalue weighted by molar-refractivity contribution is -0.148. The molecule has 0 radical (unpaired) electrons. The molecule has 1 aromatic carbocycles. The van der Waals surface area contributed by atoms with Gasteiger partial charge >= 0.3 is 5.97 Å². The molecule has 3 saturated heterocycles. The van der Waals surface area contributed by atoms with Crippen molar-refractivity contribution >= 4 is 34.1 Å². The van der Waals surface area contributed by atoms with Crippen LogP contribution in [0.3, 0.4) is 0 Å². The number of nitrogens with zero attached hydrogens (tertiary/aromatic N) is 5. The number of aliphatic carboxylic acids is 1. The summed E-state index contributed by atoms with van der Waals surface area (Å²) in [5, 5.41) is 25.9. The highest BCUT2D eigenvalue weighted by atomic mass is 32.1. The summed E-state index contributed by atoms with van der Waals surface area (Å²) in [5.74, 6) is -1.25. The lowest BCUT2D eigenvalue weighted by Gasteiger charge is -2.34. The Morgan fingerprint density at radius 1 is 1.06 bits per heavy atom. The van der Waals surface area contributed by atoms with Crippen molar-refractivity contribution in [2.75, 3.05) is 53.2 Å². The van der Waals surface area contributed by atoms with Gasteiger partial charge in [0.1, 0.15) is 6.04 Å². The van der Waals surface area contributed by atoms with E-state index in [1.165, 1.54) is 23.4 Å². The molecule has 1 aliphatic carbocycles. The summed E-state index contributed by atoms with van der Waals surface area (Å²) in [7, 11) is 1.74. The second-order valence-electron chi connectivity index (χ2n) is 19.0. The number of pyridine rings is 1. The number of aromatic nitrogens is 3. The van der Waals surface area contributed by atoms with Crippen LogP contribution in [0.2, 0.25) is 0 Å². The Kier molecular flexibility index (Phi) is 13.8. The van der Waals surface area contributed by atoms with Crippen LogP contribution < -0.4 is 5.43 Å². The highest BCUT2D eigenvalue weighted by molar-refractivity contribution is 7.10. The molecule has 3 N–H and O–H groups in total. The first-order valence-electron chi connectivity index (χ1n) is 22.8. The molecule has 3 aromatic heterocycles. The minimum atomic E-state index is -0.946. The van der Waals surface area contributed by atoms with Crippen LogP contribution in [0.4, 0.5) is 0 Å². The Morgan fingerprint density at radius 2 is 1.85 bits per heavy atom. The molecule has 336 valence electrons. The lowest BCUT2D eigenvalue weighted by atomic mass is 9.84. The second-order valence-corrected chi connectivity index (χ2v) is 19.9. The highest BCUT2D eigenvalue weighted by Crippen LogP contribution is 2.44. The molecule has 0 unspecified atom stereocenters. The zero-order valence-corrected chi connectivity index (χ0v) is 38.2. The fourth-order valence-corrected chi connectivity index (χ4v) is 10.6. The van der Waals surface area contributed by atoms with Crippen LogP contribution in [-0.4, -0.2) is 118 Å². The summed E-state index contributed by atoms with van der Waals surface area (Å²) < 4.78 is 20.6. The Bertz CT molecular complexity index is 2210. The number of benzene rings is 1. The maximum atomic E-state index is 13.6. The van der Waals surface area contributed by atoms with Crippen molar-refractivity contribution in [2.45, 2.75) is 129 Å². The summed E-state index contributed by atoms with van der Waals surface area (Å²) in [6.45, 7) is 15.5. The number of carboxylic acids is 1. The predicted octanol–water partition coefficient (Wildman–Crippen LogP) is 7.56. The zero-order valence-electron chi connectivity index (χ0n) is 37.4. The summed E-state index contributed by atoms with van der Waals surface area (Å²) in [5.41, 5.74) is 10.9. The van der Waals surface area contributed by atoms with E-state index in [1.54, 1.807) is 18.4 Å². The minimum absolute atomic E-state index is 0.0263. The second kappa shape index (κ2) is 19.1. The number of carbonyl (C=O) groups excluding carboxylic acids is 1. The topological polar surface area (TPSA) is 152 Å². The molecule has 5 atom stereocenters. The van der Waals surface area contributed by atoms with Gasteiger partial charge in [0.15, 0.2) is 0 Å². The van der Waals surface area contributed by atoms with Crippen molar-refractivity contribution in [2.24, 2.45) is 11.3 Å². The number of nitrogens with one attached hydrogen (secondary N) is 1. The van der Waals surface area contributed by atoms with E-state index in [9.17, 15) is 19.8 Å². The first-order valence-corrected chi connectivity index (χ1v) is 23.7. The Morgan fingerprint density at radius 3 is 2.58 bits per heavy atom. The number of carbonyl (C=O) groups is 2. The number of ether oxygens (including phenoxy) is 3. The van der Waals surface area contributed by atoms with E-state index in [4.69, 9.17) is 24.2 Å². The molecule has 4 aromatic rings. The third kappa shape index (κ3) is 9.67. The third-order valence-electron chi connectivity index (χ3n) is 13.9. The Hall–Kier alpha value is -3.76. The van der Waals surface area contributed by atoms with Crippen LogP contribution in [0.1, 0.15) is 119 Å². The van der Waals surface area contributed by atoms with E-state index in [0.29, 0.717) is 44.9 Å². The number of hydrogen-bond acceptors (Lipinski definition) is 11. The molecule has 6 heterocycles. The number of hydrogen-bond donors (Lipinski definition) is 3. The Labute approximate surface area is 370 Å². The van der Waals surface area contributed by atoms with Crippen LogP contribution >= 0.6 is 11.3 Å². The number of methoxy groups -OCH3 is 1.